The minimum absolute atomic E-state index is 0.303. The van der Waals surface area contributed by atoms with Crippen LogP contribution in [0.25, 0.3) is 0 Å². The molecule has 1 aromatic heterocycles. The van der Waals surface area contributed by atoms with E-state index in [2.05, 4.69) is 37.1 Å². The second-order valence-electron chi connectivity index (χ2n) is 4.17. The van der Waals surface area contributed by atoms with E-state index < -0.39 is 0 Å². The van der Waals surface area contributed by atoms with Crippen molar-refractivity contribution in [2.45, 2.75) is 31.3 Å². The summed E-state index contributed by atoms with van der Waals surface area (Å²) in [5.41, 5.74) is 1.14. The average molecular weight is 210 g/mol. The van der Waals surface area contributed by atoms with Crippen LogP contribution in [0.1, 0.15) is 26.5 Å². The van der Waals surface area contributed by atoms with Crippen LogP contribution in [0, 0.1) is 0 Å². The molecule has 0 saturated carbocycles. The Bertz CT molecular complexity index is 292. The van der Waals surface area contributed by atoms with Gasteiger partial charge >= 0.3 is 0 Å². The van der Waals surface area contributed by atoms with E-state index in [0.29, 0.717) is 4.75 Å². The monoisotopic (exact) mass is 210 g/mol. The standard InChI is InChI=1S/C11H18N2S/c1-11(2,3)14-8-9-6-5-7-10(12-4)13-9/h5-7H,8H2,1-4H3,(H,12,13). The van der Waals surface area contributed by atoms with E-state index >= 15 is 0 Å². The zero-order chi connectivity index (χ0) is 10.6. The Morgan fingerprint density at radius 2 is 2.07 bits per heavy atom. The van der Waals surface area contributed by atoms with Crippen molar-refractivity contribution in [2.75, 3.05) is 12.4 Å². The quantitative estimate of drug-likeness (QED) is 0.829. The molecule has 0 saturated heterocycles. The van der Waals surface area contributed by atoms with E-state index in [9.17, 15) is 0 Å². The van der Waals surface area contributed by atoms with Gasteiger partial charge in [-0.05, 0) is 12.1 Å². The van der Waals surface area contributed by atoms with Crippen molar-refractivity contribution < 1.29 is 0 Å². The number of thioether (sulfide) groups is 1. The van der Waals surface area contributed by atoms with Gasteiger partial charge in [0.15, 0.2) is 0 Å². The molecule has 3 heteroatoms. The van der Waals surface area contributed by atoms with Crippen LogP contribution in [0.4, 0.5) is 5.82 Å². The Hall–Kier alpha value is -0.700. The number of nitrogens with one attached hydrogen (secondary N) is 1. The summed E-state index contributed by atoms with van der Waals surface area (Å²) >= 11 is 1.92. The Morgan fingerprint density at radius 3 is 2.64 bits per heavy atom. The summed E-state index contributed by atoms with van der Waals surface area (Å²) in [6, 6.07) is 6.09. The molecule has 2 nitrogen and oxygen atoms in total. The molecule has 1 aromatic rings. The van der Waals surface area contributed by atoms with Gasteiger partial charge in [-0.1, -0.05) is 26.8 Å². The van der Waals surface area contributed by atoms with Gasteiger partial charge in [0.2, 0.25) is 0 Å². The molecule has 0 aliphatic heterocycles. The number of hydrogen-bond acceptors (Lipinski definition) is 3. The van der Waals surface area contributed by atoms with Gasteiger partial charge in [-0.3, -0.25) is 0 Å². The van der Waals surface area contributed by atoms with Crippen LogP contribution in [-0.4, -0.2) is 16.8 Å². The number of anilines is 1. The number of aromatic nitrogens is 1. The summed E-state index contributed by atoms with van der Waals surface area (Å²) in [7, 11) is 1.89. The number of hydrogen-bond donors (Lipinski definition) is 1. The molecule has 1 N–H and O–H groups in total. The molecule has 0 aliphatic rings. The fourth-order valence-corrected chi connectivity index (χ4v) is 1.73. The molecule has 0 radical (unpaired) electrons. The fraction of sp³-hybridized carbons (Fsp3) is 0.545. The molecule has 0 unspecified atom stereocenters. The summed E-state index contributed by atoms with van der Waals surface area (Å²) in [6.45, 7) is 6.67. The van der Waals surface area contributed by atoms with E-state index in [-0.39, 0.29) is 0 Å². The van der Waals surface area contributed by atoms with Gasteiger partial charge in [0.05, 0.1) is 5.69 Å². The topological polar surface area (TPSA) is 24.9 Å². The van der Waals surface area contributed by atoms with E-state index in [4.69, 9.17) is 0 Å². The van der Waals surface area contributed by atoms with Gasteiger partial charge in [0.25, 0.3) is 0 Å². The Morgan fingerprint density at radius 1 is 1.36 bits per heavy atom. The molecule has 0 bridgehead atoms. The van der Waals surface area contributed by atoms with E-state index in [1.54, 1.807) is 0 Å². The lowest BCUT2D eigenvalue weighted by molar-refractivity contribution is 0.801. The first-order chi connectivity index (χ1) is 6.51. The Labute approximate surface area is 90.5 Å². The highest BCUT2D eigenvalue weighted by Gasteiger charge is 2.10. The molecule has 0 aromatic carbocycles. The number of rotatable bonds is 3. The molecule has 0 aliphatic carbocycles. The van der Waals surface area contributed by atoms with E-state index in [1.165, 1.54) is 0 Å². The Balaban J connectivity index is 2.59. The first-order valence-corrected chi connectivity index (χ1v) is 5.77. The summed E-state index contributed by atoms with van der Waals surface area (Å²) in [5, 5.41) is 3.04. The van der Waals surface area contributed by atoms with Crippen LogP contribution in [0.3, 0.4) is 0 Å². The number of pyridine rings is 1. The molecule has 0 spiro atoms. The molecule has 1 rings (SSSR count). The molecule has 14 heavy (non-hydrogen) atoms. The zero-order valence-electron chi connectivity index (χ0n) is 9.29. The van der Waals surface area contributed by atoms with Crippen molar-refractivity contribution in [3.63, 3.8) is 0 Å². The van der Waals surface area contributed by atoms with Crippen molar-refractivity contribution in [2.24, 2.45) is 0 Å². The summed E-state index contributed by atoms with van der Waals surface area (Å²) in [5.74, 6) is 1.91. The first kappa shape index (κ1) is 11.4. The van der Waals surface area contributed by atoms with Crippen molar-refractivity contribution >= 4 is 17.6 Å². The third-order valence-corrected chi connectivity index (χ3v) is 3.02. The molecular formula is C11H18N2S. The lowest BCUT2D eigenvalue weighted by Gasteiger charge is -2.17. The summed E-state index contributed by atoms with van der Waals surface area (Å²) in [6.07, 6.45) is 0. The van der Waals surface area contributed by atoms with Crippen molar-refractivity contribution in [1.82, 2.24) is 4.98 Å². The molecule has 78 valence electrons. The van der Waals surface area contributed by atoms with Gasteiger partial charge < -0.3 is 5.32 Å². The SMILES string of the molecule is CNc1cccc(CSC(C)(C)C)n1. The fourth-order valence-electron chi connectivity index (χ4n) is 0.990. The second-order valence-corrected chi connectivity index (χ2v) is 5.97. The normalized spacial score (nSPS) is 11.4. The van der Waals surface area contributed by atoms with Gasteiger partial charge in [0.1, 0.15) is 5.82 Å². The first-order valence-electron chi connectivity index (χ1n) is 4.79. The smallest absolute Gasteiger partial charge is 0.125 e. The Kier molecular flexibility index (Phi) is 3.81. The molecule has 0 atom stereocenters. The van der Waals surface area contributed by atoms with E-state index in [0.717, 1.165) is 17.3 Å². The van der Waals surface area contributed by atoms with Crippen LogP contribution in [0.15, 0.2) is 18.2 Å². The molecule has 0 amide bonds. The zero-order valence-corrected chi connectivity index (χ0v) is 10.1. The molecule has 1 heterocycles. The van der Waals surface area contributed by atoms with E-state index in [1.807, 2.05) is 30.9 Å². The highest BCUT2D eigenvalue weighted by atomic mass is 32.2. The highest BCUT2D eigenvalue weighted by Crippen LogP contribution is 2.26. The predicted octanol–water partition coefficient (Wildman–Crippen LogP) is 3.16. The highest BCUT2D eigenvalue weighted by molar-refractivity contribution is 7.99. The van der Waals surface area contributed by atoms with Crippen LogP contribution >= 0.6 is 11.8 Å². The summed E-state index contributed by atoms with van der Waals surface area (Å²) in [4.78, 5) is 4.46. The third kappa shape index (κ3) is 4.01. The van der Waals surface area contributed by atoms with Gasteiger partial charge in [-0.15, -0.1) is 11.8 Å². The lowest BCUT2D eigenvalue weighted by atomic mass is 10.3. The molecular weight excluding hydrogens is 192 g/mol. The van der Waals surface area contributed by atoms with Gasteiger partial charge in [-0.25, -0.2) is 4.98 Å². The maximum absolute atomic E-state index is 4.46. The third-order valence-electron chi connectivity index (χ3n) is 1.72. The van der Waals surface area contributed by atoms with Crippen LogP contribution in [-0.2, 0) is 5.75 Å². The molecule has 0 fully saturated rings. The average Bonchev–Trinajstić information content (AvgIpc) is 2.14. The van der Waals surface area contributed by atoms with Crippen molar-refractivity contribution in [3.05, 3.63) is 23.9 Å². The predicted molar refractivity (Wildman–Crippen MR) is 64.8 cm³/mol. The summed E-state index contributed by atoms with van der Waals surface area (Å²) < 4.78 is 0.303. The van der Waals surface area contributed by atoms with Crippen molar-refractivity contribution in [3.8, 4) is 0 Å². The minimum atomic E-state index is 0.303. The number of nitrogens with zero attached hydrogens (tertiary/aromatic N) is 1. The van der Waals surface area contributed by atoms with Gasteiger partial charge in [-0.2, -0.15) is 0 Å². The lowest BCUT2D eigenvalue weighted by Crippen LogP contribution is -2.08. The van der Waals surface area contributed by atoms with Crippen molar-refractivity contribution in [1.29, 1.82) is 0 Å². The van der Waals surface area contributed by atoms with Crippen LogP contribution < -0.4 is 5.32 Å². The minimum Gasteiger partial charge on any atom is -0.373 e. The van der Waals surface area contributed by atoms with Gasteiger partial charge in [0, 0.05) is 17.5 Å². The largest absolute Gasteiger partial charge is 0.373 e. The second kappa shape index (κ2) is 4.69. The van der Waals surface area contributed by atoms with Crippen LogP contribution in [0.5, 0.6) is 0 Å². The maximum atomic E-state index is 4.46. The van der Waals surface area contributed by atoms with Crippen LogP contribution in [0.2, 0.25) is 0 Å². The maximum Gasteiger partial charge on any atom is 0.125 e.